The zero-order chi connectivity index (χ0) is 54.1. The van der Waals surface area contributed by atoms with Crippen molar-refractivity contribution in [3.05, 3.63) is 113 Å². The van der Waals surface area contributed by atoms with E-state index in [1.54, 1.807) is 30.6 Å². The number of pyridine rings is 1. The molecule has 79 heavy (non-hydrogen) atoms. The number of aromatic amines is 1. The number of nitrogens with zero attached hydrogens (tertiary/aromatic N) is 5. The number of aromatic nitrogens is 4. The smallest absolute Gasteiger partial charge is 0.255 e. The molecule has 2 atom stereocenters. The molecule has 4 aliphatic rings. The summed E-state index contributed by atoms with van der Waals surface area (Å²) in [4.78, 5) is 76.6. The summed E-state index contributed by atoms with van der Waals surface area (Å²) in [5.41, 5.74) is 4.41. The predicted octanol–water partition coefficient (Wildman–Crippen LogP) is 7.52. The molecule has 9 rings (SSSR count). The first-order chi connectivity index (χ1) is 38.1. The second-order valence-corrected chi connectivity index (χ2v) is 20.4. The fraction of sp³-hybridized carbons (Fsp3) is 0.483. The summed E-state index contributed by atoms with van der Waals surface area (Å²) < 4.78 is 29.3. The summed E-state index contributed by atoms with van der Waals surface area (Å²) >= 11 is 0. The van der Waals surface area contributed by atoms with Crippen LogP contribution in [-0.2, 0) is 40.7 Å². The molecular weight excluding hydrogens is 1030 g/mol. The van der Waals surface area contributed by atoms with Gasteiger partial charge < -0.3 is 49.4 Å². The van der Waals surface area contributed by atoms with Gasteiger partial charge in [-0.2, -0.15) is 5.10 Å². The van der Waals surface area contributed by atoms with Gasteiger partial charge in [0.1, 0.15) is 17.5 Å². The summed E-state index contributed by atoms with van der Waals surface area (Å²) in [7, 11) is 2.12. The molecule has 6 heterocycles. The lowest BCUT2D eigenvalue weighted by Gasteiger charge is -2.40. The number of hydrogen-bond donors (Lipinski definition) is 5. The van der Waals surface area contributed by atoms with Gasteiger partial charge in [0.15, 0.2) is 11.6 Å². The molecule has 0 radical (unpaired) electrons. The molecule has 0 spiro atoms. The maximum absolute atomic E-state index is 13.9. The van der Waals surface area contributed by atoms with E-state index in [9.17, 15) is 24.0 Å². The number of rotatable bonds is 28. The van der Waals surface area contributed by atoms with Crippen LogP contribution in [0.2, 0.25) is 0 Å². The number of fused-ring (bicyclic) bond motifs is 2. The third kappa shape index (κ3) is 15.7. The van der Waals surface area contributed by atoms with E-state index in [0.717, 1.165) is 98.6 Å². The van der Waals surface area contributed by atoms with Crippen molar-refractivity contribution in [3.8, 4) is 22.9 Å². The van der Waals surface area contributed by atoms with Gasteiger partial charge in [-0.1, -0.05) is 25.0 Å². The lowest BCUT2D eigenvalue weighted by atomic mass is 9.86. The number of hydrogen-bond acceptors (Lipinski definition) is 15. The van der Waals surface area contributed by atoms with Crippen LogP contribution in [0.1, 0.15) is 127 Å². The van der Waals surface area contributed by atoms with Crippen molar-refractivity contribution < 1.29 is 47.7 Å². The van der Waals surface area contributed by atoms with Crippen molar-refractivity contribution in [1.29, 1.82) is 0 Å². The number of nitrogens with one attached hydrogen (secondary N) is 5. The van der Waals surface area contributed by atoms with E-state index >= 15 is 0 Å². The molecule has 0 saturated carbocycles. The van der Waals surface area contributed by atoms with Gasteiger partial charge in [0, 0.05) is 104 Å². The zero-order valence-corrected chi connectivity index (χ0v) is 45.8. The molecule has 5 aromatic rings. The minimum atomic E-state index is -0.708. The van der Waals surface area contributed by atoms with E-state index in [4.69, 9.17) is 28.7 Å². The van der Waals surface area contributed by atoms with Crippen molar-refractivity contribution in [2.24, 2.45) is 0 Å². The lowest BCUT2D eigenvalue weighted by Crippen LogP contribution is -2.52. The van der Waals surface area contributed by atoms with Crippen molar-refractivity contribution in [1.82, 2.24) is 40.6 Å². The molecule has 1 unspecified atom stereocenters. The molecule has 2 saturated heterocycles. The highest BCUT2D eigenvalue weighted by Gasteiger charge is 2.41. The minimum Gasteiger partial charge on any atom is -0.494 e. The van der Waals surface area contributed by atoms with Crippen molar-refractivity contribution in [3.63, 3.8) is 0 Å². The number of halogens is 1. The van der Waals surface area contributed by atoms with Gasteiger partial charge in [-0.15, -0.1) is 12.4 Å². The monoisotopic (exact) mass is 1100 g/mol. The van der Waals surface area contributed by atoms with Gasteiger partial charge in [-0.05, 0) is 119 Å². The fourth-order valence-electron chi connectivity index (χ4n) is 10.4. The van der Waals surface area contributed by atoms with Gasteiger partial charge in [0.25, 0.3) is 11.8 Å². The van der Waals surface area contributed by atoms with Crippen LogP contribution in [0.5, 0.6) is 11.5 Å². The average Bonchev–Trinajstić information content (AvgIpc) is 4.20. The third-order valence-electron chi connectivity index (χ3n) is 14.8. The number of amides is 5. The Balaban J connectivity index is 0.00000822. The summed E-state index contributed by atoms with van der Waals surface area (Å²) in [5.74, 6) is 1.51. The maximum Gasteiger partial charge on any atom is 0.255 e. The number of unbranched alkanes of at least 4 members (excludes halogenated alkanes) is 5. The topological polar surface area (TPSA) is 241 Å². The number of piperidine rings is 2. The molecular formula is C58H73ClN10O10. The average molecular weight is 1110 g/mol. The van der Waals surface area contributed by atoms with Crippen LogP contribution in [0.15, 0.2) is 85.2 Å². The molecule has 422 valence electrons. The van der Waals surface area contributed by atoms with Crippen molar-refractivity contribution in [2.75, 3.05) is 83.6 Å². The highest BCUT2D eigenvalue weighted by molar-refractivity contribution is 6.07. The van der Waals surface area contributed by atoms with Gasteiger partial charge in [-0.25, -0.2) is 4.98 Å². The quantitative estimate of drug-likeness (QED) is 0.0240. The number of anilines is 2. The molecule has 4 aliphatic heterocycles. The molecule has 0 aliphatic carbocycles. The summed E-state index contributed by atoms with van der Waals surface area (Å²) in [6, 6.07) is 21.5. The van der Waals surface area contributed by atoms with Crippen molar-refractivity contribution in [2.45, 2.75) is 108 Å². The minimum absolute atomic E-state index is 0. The Labute approximate surface area is 467 Å². The molecule has 21 heteroatoms. The SMILES string of the molecule is CN1CCC(Nc2cccc(C(=O)N[C@@H]3CCOc4ccc(OCCCCCCOCCOCCOCCCCCC(=O)Nc5cccc6c5CN(C5CCC(=O)NC5=O)C6=O)cc43)c2)(c2nc(-c3ccncc3)n[nH]2)CC1.Cl. The molecule has 2 aromatic heterocycles. The van der Waals surface area contributed by atoms with Gasteiger partial charge in [0.2, 0.25) is 17.7 Å². The largest absolute Gasteiger partial charge is 0.494 e. The standard InChI is InChI=1S/C58H72N10O10.ClH/c1-67-27-23-58(24-28-67,57-63-53(65-66-57)40-20-25-59-26-21-40)64-42-12-9-11-41(37-42)54(71)61-48-22-32-78-50-18-16-43(38-45(48)50)77-31-8-3-2-6-29-74-33-35-76-36-34-75-30-7-4-5-15-51(69)60-47-14-10-13-44-46(47)39-68(56(44)73)49-17-19-52(70)62-55(49)72;/h9-14,16,18,20-21,25-26,37-38,48-49,64H,2-8,15,17,19,22-24,27-36,39H2,1H3,(H,60,69)(H,61,71)(H,62,70,72)(H,63,65,66);1H/t48-,49?;/m1./s1. The van der Waals surface area contributed by atoms with Crippen LogP contribution in [0, 0.1) is 0 Å². The number of likely N-dealkylation sites (tertiary alicyclic amines) is 1. The summed E-state index contributed by atoms with van der Waals surface area (Å²) in [6.07, 6.45) is 12.8. The number of ether oxygens (including phenoxy) is 5. The van der Waals surface area contributed by atoms with E-state index in [1.165, 1.54) is 4.90 Å². The highest BCUT2D eigenvalue weighted by Crippen LogP contribution is 2.38. The molecule has 0 bridgehead atoms. The summed E-state index contributed by atoms with van der Waals surface area (Å²) in [5, 5.41) is 20.1. The normalized spacial score (nSPS) is 17.7. The van der Waals surface area contributed by atoms with Crippen molar-refractivity contribution >= 4 is 53.3 Å². The molecule has 5 amide bonds. The zero-order valence-electron chi connectivity index (χ0n) is 44.9. The van der Waals surface area contributed by atoms with Gasteiger partial charge in [-0.3, -0.25) is 39.4 Å². The second kappa shape index (κ2) is 28.8. The second-order valence-electron chi connectivity index (χ2n) is 20.4. The molecule has 2 fully saturated rings. The van der Waals surface area contributed by atoms with E-state index < -0.39 is 17.5 Å². The Morgan fingerprint density at radius 2 is 1.53 bits per heavy atom. The van der Waals surface area contributed by atoms with E-state index in [0.29, 0.717) is 100 Å². The Morgan fingerprint density at radius 1 is 0.810 bits per heavy atom. The number of H-pyrrole nitrogens is 1. The van der Waals surface area contributed by atoms with Crippen LogP contribution in [-0.4, -0.2) is 139 Å². The Morgan fingerprint density at radius 3 is 2.29 bits per heavy atom. The number of carbonyl (C=O) groups excluding carboxylic acids is 5. The van der Waals surface area contributed by atoms with Crippen LogP contribution >= 0.6 is 12.4 Å². The first kappa shape index (κ1) is 58.2. The van der Waals surface area contributed by atoms with Crippen LogP contribution in [0.4, 0.5) is 11.4 Å². The number of imide groups is 1. The fourth-order valence-corrected chi connectivity index (χ4v) is 10.4. The lowest BCUT2D eigenvalue weighted by molar-refractivity contribution is -0.137. The predicted molar refractivity (Wildman–Crippen MR) is 298 cm³/mol. The first-order valence-corrected chi connectivity index (χ1v) is 27.5. The molecule has 20 nitrogen and oxygen atoms in total. The Kier molecular flexibility index (Phi) is 21.2. The first-order valence-electron chi connectivity index (χ1n) is 27.5. The number of carbonyl (C=O) groups is 5. The molecule has 3 aromatic carbocycles. The Hall–Kier alpha value is -6.97. The van der Waals surface area contributed by atoms with Crippen LogP contribution in [0.3, 0.4) is 0 Å². The molecule has 5 N–H and O–H groups in total. The highest BCUT2D eigenvalue weighted by atomic mass is 35.5. The van der Waals surface area contributed by atoms with Crippen LogP contribution < -0.4 is 30.7 Å². The van der Waals surface area contributed by atoms with E-state index in [2.05, 4.69) is 48.4 Å². The maximum atomic E-state index is 13.9. The van der Waals surface area contributed by atoms with Crippen LogP contribution in [0.25, 0.3) is 11.4 Å². The third-order valence-corrected chi connectivity index (χ3v) is 14.8. The van der Waals surface area contributed by atoms with Gasteiger partial charge >= 0.3 is 0 Å². The van der Waals surface area contributed by atoms with E-state index in [1.807, 2.05) is 54.6 Å². The number of benzene rings is 3. The van der Waals surface area contributed by atoms with E-state index in [-0.39, 0.29) is 61.5 Å². The van der Waals surface area contributed by atoms with Gasteiger partial charge in [0.05, 0.1) is 51.2 Å². The summed E-state index contributed by atoms with van der Waals surface area (Å²) in [6.45, 7) is 6.30. The Bertz CT molecular complexity index is 2850.